The molecular weight excluding hydrogens is 280 g/mol. The predicted octanol–water partition coefficient (Wildman–Crippen LogP) is 0.622. The maximum atomic E-state index is 11.4. The van der Waals surface area contributed by atoms with Crippen molar-refractivity contribution in [2.24, 2.45) is 0 Å². The van der Waals surface area contributed by atoms with E-state index in [2.05, 4.69) is 15.3 Å². The Bertz CT molecular complexity index is 641. The van der Waals surface area contributed by atoms with Gasteiger partial charge in [-0.05, 0) is 13.8 Å². The van der Waals surface area contributed by atoms with Gasteiger partial charge in [0.25, 0.3) is 0 Å². The topological polar surface area (TPSA) is 114 Å². The van der Waals surface area contributed by atoms with Crippen LogP contribution in [0.3, 0.4) is 0 Å². The van der Waals surface area contributed by atoms with Gasteiger partial charge in [-0.15, -0.1) is 0 Å². The van der Waals surface area contributed by atoms with Crippen LogP contribution in [0.5, 0.6) is 0 Å². The van der Waals surface area contributed by atoms with Crippen LogP contribution < -0.4 is 11.1 Å². The number of anilines is 1. The second-order valence-electron chi connectivity index (χ2n) is 4.22. The molecule has 0 atom stereocenters. The van der Waals surface area contributed by atoms with E-state index in [1.165, 1.54) is 11.8 Å². The van der Waals surface area contributed by atoms with Crippen LogP contribution in [0.15, 0.2) is 9.57 Å². The molecule has 0 bridgehead atoms. The number of amides is 1. The van der Waals surface area contributed by atoms with Crippen LogP contribution in [0.1, 0.15) is 11.3 Å². The summed E-state index contributed by atoms with van der Waals surface area (Å²) in [6.45, 7) is 3.89. The van der Waals surface area contributed by atoms with Gasteiger partial charge in [0.15, 0.2) is 5.16 Å². The standard InChI is InChI=1S/C12H16N4O3S/c1-6-7(2)19-11-9(6)10(13)15-12(16-11)20-5-8(18)14-3-4-17/h17H,3-5H2,1-2H3,(H,14,18)(H2,13,15,16). The summed E-state index contributed by atoms with van der Waals surface area (Å²) in [7, 11) is 0. The van der Waals surface area contributed by atoms with Crippen LogP contribution in [-0.4, -0.2) is 39.9 Å². The van der Waals surface area contributed by atoms with E-state index in [1.807, 2.05) is 13.8 Å². The fourth-order valence-corrected chi connectivity index (χ4v) is 2.37. The zero-order valence-electron chi connectivity index (χ0n) is 11.3. The van der Waals surface area contributed by atoms with E-state index in [4.69, 9.17) is 15.3 Å². The van der Waals surface area contributed by atoms with Gasteiger partial charge in [-0.2, -0.15) is 4.98 Å². The number of nitrogens with zero attached hydrogens (tertiary/aromatic N) is 2. The summed E-state index contributed by atoms with van der Waals surface area (Å²) in [4.78, 5) is 19.8. The summed E-state index contributed by atoms with van der Waals surface area (Å²) >= 11 is 1.17. The fourth-order valence-electron chi connectivity index (χ4n) is 1.70. The zero-order chi connectivity index (χ0) is 14.7. The first kappa shape index (κ1) is 14.6. The summed E-state index contributed by atoms with van der Waals surface area (Å²) in [5, 5.41) is 12.3. The van der Waals surface area contributed by atoms with E-state index >= 15 is 0 Å². The van der Waals surface area contributed by atoms with Crippen LogP contribution in [0.25, 0.3) is 11.1 Å². The molecule has 4 N–H and O–H groups in total. The van der Waals surface area contributed by atoms with Crippen LogP contribution in [0.2, 0.25) is 0 Å². The minimum atomic E-state index is -0.196. The second-order valence-corrected chi connectivity index (χ2v) is 5.16. The first-order valence-electron chi connectivity index (χ1n) is 6.06. The Labute approximate surface area is 120 Å². The smallest absolute Gasteiger partial charge is 0.232 e. The molecule has 2 rings (SSSR count). The number of carbonyl (C=O) groups is 1. The van der Waals surface area contributed by atoms with Gasteiger partial charge < -0.3 is 20.6 Å². The predicted molar refractivity (Wildman–Crippen MR) is 76.5 cm³/mol. The molecule has 0 aliphatic heterocycles. The third kappa shape index (κ3) is 3.02. The van der Waals surface area contributed by atoms with Crippen molar-refractivity contribution in [3.8, 4) is 0 Å². The Balaban J connectivity index is 2.14. The molecule has 0 saturated carbocycles. The number of fused-ring (bicyclic) bond motifs is 1. The highest BCUT2D eigenvalue weighted by molar-refractivity contribution is 7.99. The van der Waals surface area contributed by atoms with Crippen molar-refractivity contribution < 1.29 is 14.3 Å². The van der Waals surface area contributed by atoms with Gasteiger partial charge in [0.1, 0.15) is 11.6 Å². The van der Waals surface area contributed by atoms with Crippen molar-refractivity contribution in [1.82, 2.24) is 15.3 Å². The van der Waals surface area contributed by atoms with Gasteiger partial charge in [0.2, 0.25) is 11.6 Å². The maximum Gasteiger partial charge on any atom is 0.232 e. The average Bonchev–Trinajstić information content (AvgIpc) is 2.69. The van der Waals surface area contributed by atoms with E-state index in [1.54, 1.807) is 0 Å². The van der Waals surface area contributed by atoms with Crippen molar-refractivity contribution in [1.29, 1.82) is 0 Å². The summed E-state index contributed by atoms with van der Waals surface area (Å²) < 4.78 is 5.51. The molecule has 2 heterocycles. The molecule has 20 heavy (non-hydrogen) atoms. The molecule has 0 aromatic carbocycles. The summed E-state index contributed by atoms with van der Waals surface area (Å²) in [5.41, 5.74) is 7.26. The summed E-state index contributed by atoms with van der Waals surface area (Å²) in [5.74, 6) is 1.06. The Morgan fingerprint density at radius 1 is 1.45 bits per heavy atom. The largest absolute Gasteiger partial charge is 0.443 e. The zero-order valence-corrected chi connectivity index (χ0v) is 12.1. The first-order chi connectivity index (χ1) is 9.52. The van der Waals surface area contributed by atoms with Gasteiger partial charge in [-0.25, -0.2) is 4.98 Å². The van der Waals surface area contributed by atoms with E-state index < -0.39 is 0 Å². The third-order valence-electron chi connectivity index (χ3n) is 2.80. The number of carbonyl (C=O) groups excluding carboxylic acids is 1. The summed E-state index contributed by atoms with van der Waals surface area (Å²) in [6.07, 6.45) is 0. The third-order valence-corrected chi connectivity index (χ3v) is 3.65. The molecule has 8 heteroatoms. The quantitative estimate of drug-likeness (QED) is 0.547. The van der Waals surface area contributed by atoms with Gasteiger partial charge in [-0.1, -0.05) is 11.8 Å². The molecule has 108 valence electrons. The van der Waals surface area contributed by atoms with Crippen molar-refractivity contribution in [3.63, 3.8) is 0 Å². The second kappa shape index (κ2) is 6.10. The number of aromatic nitrogens is 2. The van der Waals surface area contributed by atoms with E-state index in [0.717, 1.165) is 16.7 Å². The van der Waals surface area contributed by atoms with E-state index in [0.29, 0.717) is 16.7 Å². The van der Waals surface area contributed by atoms with Crippen LogP contribution in [0.4, 0.5) is 5.82 Å². The average molecular weight is 296 g/mol. The Morgan fingerprint density at radius 3 is 2.90 bits per heavy atom. The highest BCUT2D eigenvalue weighted by atomic mass is 32.2. The monoisotopic (exact) mass is 296 g/mol. The number of aryl methyl sites for hydroxylation is 2. The number of nitrogens with two attached hydrogens (primary N) is 1. The molecule has 2 aromatic heterocycles. The lowest BCUT2D eigenvalue weighted by Gasteiger charge is -2.03. The summed E-state index contributed by atoms with van der Waals surface area (Å²) in [6, 6.07) is 0. The van der Waals surface area contributed by atoms with Crippen LogP contribution in [-0.2, 0) is 4.79 Å². The van der Waals surface area contributed by atoms with Crippen LogP contribution >= 0.6 is 11.8 Å². The molecule has 0 aliphatic carbocycles. The fraction of sp³-hybridized carbons (Fsp3) is 0.417. The molecule has 7 nitrogen and oxygen atoms in total. The van der Waals surface area contributed by atoms with Crippen molar-refractivity contribution in [2.45, 2.75) is 19.0 Å². The van der Waals surface area contributed by atoms with Gasteiger partial charge in [0.05, 0.1) is 17.7 Å². The molecule has 0 unspecified atom stereocenters. The normalized spacial score (nSPS) is 10.9. The number of nitrogens with one attached hydrogen (secondary N) is 1. The number of aliphatic hydroxyl groups is 1. The SMILES string of the molecule is Cc1oc2nc(SCC(=O)NCCO)nc(N)c2c1C. The Morgan fingerprint density at radius 2 is 2.20 bits per heavy atom. The van der Waals surface area contributed by atoms with Gasteiger partial charge >= 0.3 is 0 Å². The molecule has 0 saturated heterocycles. The van der Waals surface area contributed by atoms with Crippen molar-refractivity contribution >= 4 is 34.6 Å². The van der Waals surface area contributed by atoms with Crippen molar-refractivity contribution in [2.75, 3.05) is 24.6 Å². The number of nitrogen functional groups attached to an aromatic ring is 1. The van der Waals surface area contributed by atoms with E-state index in [-0.39, 0.29) is 24.8 Å². The number of thioether (sulfide) groups is 1. The number of hydrogen-bond donors (Lipinski definition) is 3. The number of furan rings is 1. The Hall–Kier alpha value is -1.80. The van der Waals surface area contributed by atoms with E-state index in [9.17, 15) is 4.79 Å². The molecule has 0 radical (unpaired) electrons. The number of hydrogen-bond acceptors (Lipinski definition) is 7. The van der Waals surface area contributed by atoms with Gasteiger partial charge in [-0.3, -0.25) is 4.79 Å². The maximum absolute atomic E-state index is 11.4. The van der Waals surface area contributed by atoms with Crippen LogP contribution in [0, 0.1) is 13.8 Å². The molecule has 0 fully saturated rings. The molecule has 2 aromatic rings. The number of rotatable bonds is 5. The van der Waals surface area contributed by atoms with Crippen molar-refractivity contribution in [3.05, 3.63) is 11.3 Å². The molecule has 1 amide bonds. The van der Waals surface area contributed by atoms with Gasteiger partial charge in [0, 0.05) is 12.1 Å². The lowest BCUT2D eigenvalue weighted by atomic mass is 10.2. The lowest BCUT2D eigenvalue weighted by molar-refractivity contribution is -0.118. The lowest BCUT2D eigenvalue weighted by Crippen LogP contribution is -2.27. The minimum absolute atomic E-state index is 0.0865. The first-order valence-corrected chi connectivity index (χ1v) is 7.05. The Kier molecular flexibility index (Phi) is 4.46. The highest BCUT2D eigenvalue weighted by Gasteiger charge is 2.15. The molecular formula is C12H16N4O3S. The minimum Gasteiger partial charge on any atom is -0.443 e. The highest BCUT2D eigenvalue weighted by Crippen LogP contribution is 2.29. The molecule has 0 aliphatic rings. The number of aliphatic hydroxyl groups excluding tert-OH is 1. The molecule has 0 spiro atoms.